The van der Waals surface area contributed by atoms with Crippen molar-refractivity contribution in [3.8, 4) is 0 Å². The molecule has 230 valence electrons. The fraction of sp³-hybridized carbons (Fsp3) is 0.229. The van der Waals surface area contributed by atoms with Crippen LogP contribution in [0.25, 0.3) is 11.0 Å². The smallest absolute Gasteiger partial charge is 0.259 e. The second kappa shape index (κ2) is 14.9. The van der Waals surface area contributed by atoms with Gasteiger partial charge in [0.05, 0.1) is 17.5 Å². The highest BCUT2D eigenvalue weighted by molar-refractivity contribution is 6.07. The molecule has 0 aliphatic rings. The van der Waals surface area contributed by atoms with E-state index in [9.17, 15) is 9.59 Å². The minimum atomic E-state index is -0.191. The molecule has 0 bridgehead atoms. The van der Waals surface area contributed by atoms with Crippen LogP contribution in [0, 0.1) is 5.41 Å². The van der Waals surface area contributed by atoms with Crippen LogP contribution in [-0.2, 0) is 30.6 Å². The van der Waals surface area contributed by atoms with Crippen LogP contribution in [-0.4, -0.2) is 51.8 Å². The van der Waals surface area contributed by atoms with Crippen LogP contribution in [0.3, 0.4) is 0 Å². The Bertz CT molecular complexity index is 1750. The summed E-state index contributed by atoms with van der Waals surface area (Å²) in [6, 6.07) is 28.4. The van der Waals surface area contributed by atoms with Gasteiger partial charge in [-0.3, -0.25) is 19.9 Å². The monoisotopic (exact) mass is 602 g/mol. The Labute approximate surface area is 262 Å². The van der Waals surface area contributed by atoms with Crippen LogP contribution < -0.4 is 21.7 Å². The normalized spacial score (nSPS) is 11.0. The molecule has 0 unspecified atom stereocenters. The number of pyridine rings is 1. The van der Waals surface area contributed by atoms with Gasteiger partial charge < -0.3 is 21.4 Å². The number of amides is 2. The molecule has 0 atom stereocenters. The average Bonchev–Trinajstić information content (AvgIpc) is 3.41. The molecule has 6 N–H and O–H groups in total. The van der Waals surface area contributed by atoms with Gasteiger partial charge in [-0.25, -0.2) is 9.97 Å². The highest BCUT2D eigenvalue weighted by Gasteiger charge is 2.20. The van der Waals surface area contributed by atoms with Crippen molar-refractivity contribution in [3.63, 3.8) is 0 Å². The van der Waals surface area contributed by atoms with Gasteiger partial charge in [0.15, 0.2) is 0 Å². The Hall–Kier alpha value is -5.35. The quantitative estimate of drug-likeness (QED) is 0.0859. The molecule has 0 radical (unpaired) electrons. The van der Waals surface area contributed by atoms with Gasteiger partial charge in [0.1, 0.15) is 17.5 Å². The van der Waals surface area contributed by atoms with Gasteiger partial charge in [-0.15, -0.1) is 0 Å². The summed E-state index contributed by atoms with van der Waals surface area (Å²) in [6.07, 6.45) is 4.13. The van der Waals surface area contributed by atoms with Crippen molar-refractivity contribution in [1.29, 1.82) is 5.41 Å². The number of hydrogen-bond donors (Lipinski definition) is 4. The van der Waals surface area contributed by atoms with Gasteiger partial charge in [0.2, 0.25) is 5.91 Å². The number of fused-ring (bicyclic) bond motifs is 1. The molecule has 5 rings (SSSR count). The maximum atomic E-state index is 13.6. The fourth-order valence-electron chi connectivity index (χ4n) is 5.29. The summed E-state index contributed by atoms with van der Waals surface area (Å²) in [5.74, 6) is 1.28. The zero-order valence-corrected chi connectivity index (χ0v) is 25.2. The number of benzene rings is 3. The first kappa shape index (κ1) is 31.1. The number of nitrogens with one attached hydrogen (secondary N) is 2. The molecule has 0 saturated heterocycles. The molecule has 45 heavy (non-hydrogen) atoms. The Morgan fingerprint density at radius 3 is 2.36 bits per heavy atom. The number of anilines is 1. The number of imidazole rings is 1. The van der Waals surface area contributed by atoms with E-state index >= 15 is 0 Å². The maximum Gasteiger partial charge on any atom is 0.259 e. The molecule has 0 aliphatic carbocycles. The molecule has 2 aromatic heterocycles. The fourth-order valence-corrected chi connectivity index (χ4v) is 5.29. The van der Waals surface area contributed by atoms with Gasteiger partial charge in [-0.05, 0) is 54.3 Å². The largest absolute Gasteiger partial charge is 0.384 e. The Kier molecular flexibility index (Phi) is 10.3. The number of nitrogen functional groups attached to an aromatic ring is 1. The molecule has 5 aromatic rings. The van der Waals surface area contributed by atoms with Crippen LogP contribution >= 0.6 is 0 Å². The molecule has 3 aromatic carbocycles. The summed E-state index contributed by atoms with van der Waals surface area (Å²) in [7, 11) is 0. The predicted octanol–water partition coefficient (Wildman–Crippen LogP) is 3.86. The molecule has 2 heterocycles. The molecule has 0 fully saturated rings. The van der Waals surface area contributed by atoms with E-state index in [0.29, 0.717) is 56.0 Å². The first-order chi connectivity index (χ1) is 21.9. The summed E-state index contributed by atoms with van der Waals surface area (Å²) in [5.41, 5.74) is 16.4. The molecule has 0 spiro atoms. The van der Waals surface area contributed by atoms with Gasteiger partial charge in [-0.1, -0.05) is 60.7 Å². The van der Waals surface area contributed by atoms with Crippen LogP contribution in [0.1, 0.15) is 39.3 Å². The van der Waals surface area contributed by atoms with Gasteiger partial charge >= 0.3 is 0 Å². The van der Waals surface area contributed by atoms with E-state index < -0.39 is 0 Å². The summed E-state index contributed by atoms with van der Waals surface area (Å²) >= 11 is 0. The highest BCUT2D eigenvalue weighted by Crippen LogP contribution is 2.22. The van der Waals surface area contributed by atoms with E-state index in [1.807, 2.05) is 78.9 Å². The second-order valence-corrected chi connectivity index (χ2v) is 10.8. The highest BCUT2D eigenvalue weighted by atomic mass is 16.2. The number of nitrogens with two attached hydrogens (primary N) is 2. The molecule has 0 saturated carbocycles. The van der Waals surface area contributed by atoms with E-state index in [1.165, 1.54) is 0 Å². The van der Waals surface area contributed by atoms with Gasteiger partial charge in [-0.2, -0.15) is 0 Å². The lowest BCUT2D eigenvalue weighted by molar-refractivity contribution is -0.120. The Morgan fingerprint density at radius 2 is 1.64 bits per heavy atom. The summed E-state index contributed by atoms with van der Waals surface area (Å²) < 4.78 is 2.17. The van der Waals surface area contributed by atoms with E-state index in [2.05, 4.69) is 14.9 Å². The first-order valence-corrected chi connectivity index (χ1v) is 15.1. The van der Waals surface area contributed by atoms with Crippen molar-refractivity contribution in [1.82, 2.24) is 19.9 Å². The third kappa shape index (κ3) is 7.98. The molecule has 0 aliphatic heterocycles. The molecule has 10 heteroatoms. The van der Waals surface area contributed by atoms with E-state index in [1.54, 1.807) is 23.2 Å². The van der Waals surface area contributed by atoms with E-state index in [4.69, 9.17) is 21.9 Å². The number of carbonyl (C=O) groups is 2. The predicted molar refractivity (Wildman–Crippen MR) is 177 cm³/mol. The van der Waals surface area contributed by atoms with Crippen molar-refractivity contribution >= 4 is 34.5 Å². The minimum Gasteiger partial charge on any atom is -0.384 e. The van der Waals surface area contributed by atoms with Crippen molar-refractivity contribution in [2.75, 3.05) is 24.5 Å². The van der Waals surface area contributed by atoms with Crippen molar-refractivity contribution in [2.24, 2.45) is 11.5 Å². The molecular weight excluding hydrogens is 564 g/mol. The number of amidine groups is 1. The molecule has 10 nitrogen and oxygen atoms in total. The van der Waals surface area contributed by atoms with E-state index in [-0.39, 0.29) is 17.6 Å². The standard InChI is InChI=1S/C35H38N8O2/c36-18-22-43(31-9-4-5-19-39-31)35(45)28-15-16-30-29(24-28)41-32(17-12-25-10-13-27(14-11-25)34(37)38)42(30)21-6-20-40-33(44)23-26-7-2-1-3-8-26/h1-5,7-11,13-16,19,24H,6,12,17-18,20-23,36H2,(H3,37,38)(H,40,44). The third-order valence-corrected chi connectivity index (χ3v) is 7.59. The topological polar surface area (TPSA) is 156 Å². The Balaban J connectivity index is 1.35. The zero-order chi connectivity index (χ0) is 31.6. The van der Waals surface area contributed by atoms with Crippen LogP contribution in [0.5, 0.6) is 0 Å². The van der Waals surface area contributed by atoms with Gasteiger partial charge in [0, 0.05) is 49.9 Å². The second-order valence-electron chi connectivity index (χ2n) is 10.8. The molecular formula is C35H38N8O2. The number of aromatic nitrogens is 3. The SMILES string of the molecule is N=C(N)c1ccc(CCc2nc3cc(C(=O)N(CCN)c4ccccn4)ccc3n2CCCNC(=O)Cc2ccccc2)cc1. The first-order valence-electron chi connectivity index (χ1n) is 15.1. The zero-order valence-electron chi connectivity index (χ0n) is 25.2. The molecule has 2 amide bonds. The van der Waals surface area contributed by atoms with Gasteiger partial charge in [0.25, 0.3) is 5.91 Å². The summed E-state index contributed by atoms with van der Waals surface area (Å²) in [6.45, 7) is 1.83. The number of nitrogens with zero attached hydrogens (tertiary/aromatic N) is 4. The Morgan fingerprint density at radius 1 is 0.889 bits per heavy atom. The maximum absolute atomic E-state index is 13.6. The van der Waals surface area contributed by atoms with Crippen molar-refractivity contribution in [2.45, 2.75) is 32.2 Å². The van der Waals surface area contributed by atoms with Crippen LogP contribution in [0.4, 0.5) is 5.82 Å². The summed E-state index contributed by atoms with van der Waals surface area (Å²) in [5, 5.41) is 10.7. The third-order valence-electron chi connectivity index (χ3n) is 7.59. The average molecular weight is 603 g/mol. The lowest BCUT2D eigenvalue weighted by Crippen LogP contribution is -2.36. The van der Waals surface area contributed by atoms with Crippen LogP contribution in [0.2, 0.25) is 0 Å². The van der Waals surface area contributed by atoms with Crippen molar-refractivity contribution < 1.29 is 9.59 Å². The number of carbonyl (C=O) groups excluding carboxylic acids is 2. The number of aryl methyl sites for hydroxylation is 3. The lowest BCUT2D eigenvalue weighted by Gasteiger charge is -2.21. The number of rotatable bonds is 14. The summed E-state index contributed by atoms with van der Waals surface area (Å²) in [4.78, 5) is 37.0. The minimum absolute atomic E-state index is 0.0102. The lowest BCUT2D eigenvalue weighted by atomic mass is 10.1. The number of hydrogen-bond acceptors (Lipinski definition) is 6. The van der Waals surface area contributed by atoms with Crippen LogP contribution in [0.15, 0.2) is 97.2 Å². The van der Waals surface area contributed by atoms with Crippen molar-refractivity contribution in [3.05, 3.63) is 125 Å². The van der Waals surface area contributed by atoms with E-state index in [0.717, 1.165) is 40.8 Å².